The number of methoxy groups -OCH3 is 2. The Bertz CT molecular complexity index is 1720. The number of hydrogen-bond acceptors (Lipinski definition) is 4. The van der Waals surface area contributed by atoms with Crippen LogP contribution in [0.5, 0.6) is 23.0 Å². The number of para-hydroxylation sites is 2. The highest BCUT2D eigenvalue weighted by Crippen LogP contribution is 2.48. The lowest BCUT2D eigenvalue weighted by Gasteiger charge is -2.20. The maximum atomic E-state index is 11.9. The monoisotopic (exact) mass is 526 g/mol. The van der Waals surface area contributed by atoms with Gasteiger partial charge in [-0.2, -0.15) is 0 Å². The zero-order valence-corrected chi connectivity index (χ0v) is 22.5. The van der Waals surface area contributed by atoms with Gasteiger partial charge in [0.15, 0.2) is 0 Å². The van der Waals surface area contributed by atoms with Crippen LogP contribution in [-0.2, 0) is 12.8 Å². The molecule has 0 heterocycles. The molecule has 0 aliphatic rings. The zero-order valence-electron chi connectivity index (χ0n) is 22.5. The van der Waals surface area contributed by atoms with Crippen molar-refractivity contribution in [3.63, 3.8) is 0 Å². The molecule has 6 aromatic rings. The van der Waals surface area contributed by atoms with Gasteiger partial charge in [0, 0.05) is 24.0 Å². The van der Waals surface area contributed by atoms with Crippen LogP contribution in [0, 0.1) is 0 Å². The lowest BCUT2D eigenvalue weighted by molar-refractivity contribution is 0.410. The van der Waals surface area contributed by atoms with Crippen molar-refractivity contribution in [2.75, 3.05) is 14.2 Å². The molecule has 4 nitrogen and oxygen atoms in total. The third-order valence-electron chi connectivity index (χ3n) is 7.60. The van der Waals surface area contributed by atoms with Gasteiger partial charge < -0.3 is 19.7 Å². The van der Waals surface area contributed by atoms with Gasteiger partial charge in [-0.15, -0.1) is 0 Å². The van der Waals surface area contributed by atoms with E-state index in [9.17, 15) is 10.2 Å². The Balaban J connectivity index is 1.62. The molecule has 40 heavy (non-hydrogen) atoms. The van der Waals surface area contributed by atoms with Crippen LogP contribution in [0.2, 0.25) is 0 Å². The van der Waals surface area contributed by atoms with Crippen molar-refractivity contribution >= 4 is 21.5 Å². The highest BCUT2D eigenvalue weighted by molar-refractivity contribution is 6.10. The zero-order chi connectivity index (χ0) is 27.6. The normalized spacial score (nSPS) is 11.2. The second kappa shape index (κ2) is 10.7. The lowest BCUT2D eigenvalue weighted by Crippen LogP contribution is -1.98. The van der Waals surface area contributed by atoms with E-state index in [1.165, 1.54) is 0 Å². The first kappa shape index (κ1) is 25.3. The summed E-state index contributed by atoms with van der Waals surface area (Å²) in [5, 5.41) is 27.6. The van der Waals surface area contributed by atoms with Crippen molar-refractivity contribution in [2.45, 2.75) is 12.8 Å². The molecular weight excluding hydrogens is 496 g/mol. The first-order valence-electron chi connectivity index (χ1n) is 13.3. The standard InChI is InChI=1S/C36H30O4/c1-39-31-17-9-5-13-25(31)21-27-19-23-11-3-7-15-29(23)33(35(27)37)34-30-16-8-4-12-24(30)20-28(36(34)38)22-26-14-6-10-18-32(26)40-2/h3-20,37-38H,21-22H2,1-2H3. The molecule has 0 aromatic heterocycles. The van der Waals surface area contributed by atoms with Gasteiger partial charge in [-0.25, -0.2) is 0 Å². The number of fused-ring (bicyclic) bond motifs is 2. The number of benzene rings is 6. The number of aromatic hydroxyl groups is 2. The van der Waals surface area contributed by atoms with Crippen molar-refractivity contribution in [3.05, 3.63) is 131 Å². The number of hydrogen-bond donors (Lipinski definition) is 2. The van der Waals surface area contributed by atoms with Crippen molar-refractivity contribution < 1.29 is 19.7 Å². The van der Waals surface area contributed by atoms with E-state index in [0.717, 1.165) is 55.3 Å². The first-order valence-corrected chi connectivity index (χ1v) is 13.3. The summed E-state index contributed by atoms with van der Waals surface area (Å²) < 4.78 is 11.2. The minimum absolute atomic E-state index is 0.152. The summed E-state index contributed by atoms with van der Waals surface area (Å²) in [6.45, 7) is 0. The number of phenolic OH excluding ortho intramolecular Hbond substituents is 2. The van der Waals surface area contributed by atoms with E-state index in [1.54, 1.807) is 14.2 Å². The minimum Gasteiger partial charge on any atom is -0.507 e. The third kappa shape index (κ3) is 4.48. The van der Waals surface area contributed by atoms with Crippen molar-refractivity contribution in [2.24, 2.45) is 0 Å². The van der Waals surface area contributed by atoms with Gasteiger partial charge in [0.2, 0.25) is 0 Å². The predicted octanol–water partition coefficient (Wildman–Crippen LogP) is 8.27. The van der Waals surface area contributed by atoms with Crippen LogP contribution in [0.4, 0.5) is 0 Å². The fourth-order valence-corrected chi connectivity index (χ4v) is 5.67. The Morgan fingerprint density at radius 2 is 0.850 bits per heavy atom. The molecule has 6 rings (SSSR count). The number of ether oxygens (including phenoxy) is 2. The summed E-state index contributed by atoms with van der Waals surface area (Å²) in [4.78, 5) is 0. The van der Waals surface area contributed by atoms with E-state index in [4.69, 9.17) is 9.47 Å². The van der Waals surface area contributed by atoms with Crippen molar-refractivity contribution in [1.82, 2.24) is 0 Å². The van der Waals surface area contributed by atoms with E-state index < -0.39 is 0 Å². The average Bonchev–Trinajstić information content (AvgIpc) is 2.99. The van der Waals surface area contributed by atoms with Gasteiger partial charge in [-0.1, -0.05) is 84.9 Å². The Labute approximate surface area is 233 Å². The maximum absolute atomic E-state index is 11.9. The lowest BCUT2D eigenvalue weighted by atomic mass is 9.86. The molecule has 0 radical (unpaired) electrons. The fourth-order valence-electron chi connectivity index (χ4n) is 5.67. The first-order chi connectivity index (χ1) is 19.6. The van der Waals surface area contributed by atoms with Crippen LogP contribution in [0.15, 0.2) is 109 Å². The van der Waals surface area contributed by atoms with Gasteiger partial charge in [-0.3, -0.25) is 0 Å². The fraction of sp³-hybridized carbons (Fsp3) is 0.111. The van der Waals surface area contributed by atoms with Crippen LogP contribution in [-0.4, -0.2) is 24.4 Å². The summed E-state index contributed by atoms with van der Waals surface area (Å²) in [6, 6.07) is 35.7. The Morgan fingerprint density at radius 3 is 1.27 bits per heavy atom. The molecule has 0 unspecified atom stereocenters. The van der Waals surface area contributed by atoms with Gasteiger partial charge in [0.25, 0.3) is 0 Å². The van der Waals surface area contributed by atoms with Gasteiger partial charge in [0.1, 0.15) is 23.0 Å². The molecule has 198 valence electrons. The molecule has 0 aliphatic heterocycles. The van der Waals surface area contributed by atoms with Gasteiger partial charge in [-0.05, 0) is 68.1 Å². The van der Waals surface area contributed by atoms with E-state index in [1.807, 2.05) is 109 Å². The molecule has 0 fully saturated rings. The van der Waals surface area contributed by atoms with Crippen LogP contribution in [0.1, 0.15) is 22.3 Å². The second-order valence-electron chi connectivity index (χ2n) is 9.94. The largest absolute Gasteiger partial charge is 0.507 e. The summed E-state index contributed by atoms with van der Waals surface area (Å²) in [5.74, 6) is 1.84. The van der Waals surface area contributed by atoms with Gasteiger partial charge >= 0.3 is 0 Å². The SMILES string of the molecule is COc1ccccc1Cc1cc2ccccc2c(-c2c(O)c(Cc3ccccc3OC)cc3ccccc23)c1O. The summed E-state index contributed by atoms with van der Waals surface area (Å²) in [6.07, 6.45) is 0.959. The molecule has 0 amide bonds. The average molecular weight is 527 g/mol. The van der Waals surface area contributed by atoms with Crippen molar-refractivity contribution in [1.29, 1.82) is 0 Å². The molecule has 4 heteroatoms. The molecule has 2 N–H and O–H groups in total. The topological polar surface area (TPSA) is 58.9 Å². The number of phenols is 2. The minimum atomic E-state index is 0.152. The summed E-state index contributed by atoms with van der Waals surface area (Å²) in [5.41, 5.74) is 4.71. The highest BCUT2D eigenvalue weighted by Gasteiger charge is 2.23. The van der Waals surface area contributed by atoms with E-state index in [0.29, 0.717) is 24.0 Å². The Hall–Kier alpha value is -4.96. The highest BCUT2D eigenvalue weighted by atomic mass is 16.5. The van der Waals surface area contributed by atoms with E-state index in [-0.39, 0.29) is 11.5 Å². The Kier molecular flexibility index (Phi) is 6.75. The third-order valence-corrected chi connectivity index (χ3v) is 7.60. The molecule has 0 spiro atoms. The van der Waals surface area contributed by atoms with Crippen LogP contribution in [0.3, 0.4) is 0 Å². The van der Waals surface area contributed by atoms with Crippen LogP contribution >= 0.6 is 0 Å². The maximum Gasteiger partial charge on any atom is 0.127 e. The second-order valence-corrected chi connectivity index (χ2v) is 9.94. The molecule has 0 saturated carbocycles. The predicted molar refractivity (Wildman–Crippen MR) is 162 cm³/mol. The molecule has 0 bridgehead atoms. The van der Waals surface area contributed by atoms with E-state index >= 15 is 0 Å². The quantitative estimate of drug-likeness (QED) is 0.220. The van der Waals surface area contributed by atoms with Crippen molar-refractivity contribution in [3.8, 4) is 34.1 Å². The Morgan fingerprint density at radius 1 is 0.475 bits per heavy atom. The molecule has 0 aliphatic carbocycles. The van der Waals surface area contributed by atoms with E-state index in [2.05, 4.69) is 0 Å². The van der Waals surface area contributed by atoms with Gasteiger partial charge in [0.05, 0.1) is 14.2 Å². The number of rotatable bonds is 7. The summed E-state index contributed by atoms with van der Waals surface area (Å²) >= 11 is 0. The summed E-state index contributed by atoms with van der Waals surface area (Å²) in [7, 11) is 3.31. The molecule has 0 atom stereocenters. The van der Waals surface area contributed by atoms with Crippen LogP contribution in [0.25, 0.3) is 32.7 Å². The van der Waals surface area contributed by atoms with Crippen LogP contribution < -0.4 is 9.47 Å². The molecule has 6 aromatic carbocycles. The molecule has 0 saturated heterocycles. The molecular formula is C36H30O4. The smallest absolute Gasteiger partial charge is 0.127 e.